The Morgan fingerprint density at radius 2 is 1.74 bits per heavy atom. The fourth-order valence-corrected chi connectivity index (χ4v) is 3.15. The minimum absolute atomic E-state index is 0.258. The fourth-order valence-electron chi connectivity index (χ4n) is 3.02. The number of carbonyl (C=O) groups is 1. The molecule has 0 aliphatic rings. The highest BCUT2D eigenvalue weighted by atomic mass is 35.5. The Balaban J connectivity index is 1.68. The number of methoxy groups -OCH3 is 1. The van der Waals surface area contributed by atoms with Gasteiger partial charge in [0.1, 0.15) is 5.75 Å². The molecule has 2 N–H and O–H groups in total. The van der Waals surface area contributed by atoms with Gasteiger partial charge in [-0.2, -0.15) is 0 Å². The molecule has 1 aromatic heterocycles. The third kappa shape index (κ3) is 4.44. The van der Waals surface area contributed by atoms with Crippen LogP contribution in [0.25, 0.3) is 5.69 Å². The maximum Gasteiger partial charge on any atom is 0.319 e. The Hall–Kier alpha value is -2.92. The van der Waals surface area contributed by atoms with Gasteiger partial charge in [-0.1, -0.05) is 11.6 Å². The zero-order valence-electron chi connectivity index (χ0n) is 15.5. The lowest BCUT2D eigenvalue weighted by Crippen LogP contribution is -2.28. The van der Waals surface area contributed by atoms with Gasteiger partial charge in [-0.3, -0.25) is 0 Å². The molecule has 0 spiro atoms. The summed E-state index contributed by atoms with van der Waals surface area (Å²) in [6.45, 7) is 4.54. The van der Waals surface area contributed by atoms with Crippen LogP contribution in [-0.4, -0.2) is 17.7 Å². The van der Waals surface area contributed by atoms with Gasteiger partial charge in [0.15, 0.2) is 0 Å². The first-order valence-corrected chi connectivity index (χ1v) is 8.98. The third-order valence-corrected chi connectivity index (χ3v) is 4.66. The smallest absolute Gasteiger partial charge is 0.319 e. The van der Waals surface area contributed by atoms with E-state index < -0.39 is 0 Å². The normalized spacial score (nSPS) is 10.5. The van der Waals surface area contributed by atoms with Crippen LogP contribution in [0.4, 0.5) is 10.5 Å². The van der Waals surface area contributed by atoms with E-state index in [9.17, 15) is 4.79 Å². The number of nitrogens with zero attached hydrogens (tertiary/aromatic N) is 1. The molecule has 3 aromatic rings. The van der Waals surface area contributed by atoms with Crippen LogP contribution in [-0.2, 0) is 6.54 Å². The Labute approximate surface area is 163 Å². The molecular formula is C21H22ClN3O2. The van der Waals surface area contributed by atoms with Crippen LogP contribution in [0.5, 0.6) is 5.75 Å². The lowest BCUT2D eigenvalue weighted by atomic mass is 10.2. The largest absolute Gasteiger partial charge is 0.497 e. The summed E-state index contributed by atoms with van der Waals surface area (Å²) < 4.78 is 7.38. The number of aryl methyl sites for hydroxylation is 1. The van der Waals surface area contributed by atoms with E-state index in [0.717, 1.165) is 28.4 Å². The molecule has 1 heterocycles. The molecule has 0 saturated carbocycles. The highest BCUT2D eigenvalue weighted by Crippen LogP contribution is 2.22. The van der Waals surface area contributed by atoms with Gasteiger partial charge in [0.2, 0.25) is 0 Å². The first kappa shape index (κ1) is 18.9. The number of halogens is 1. The van der Waals surface area contributed by atoms with E-state index in [-0.39, 0.29) is 6.03 Å². The number of anilines is 1. The number of benzene rings is 2. The summed E-state index contributed by atoms with van der Waals surface area (Å²) in [6, 6.07) is 16.7. The second kappa shape index (κ2) is 8.18. The second-order valence-electron chi connectivity index (χ2n) is 6.24. The fraction of sp³-hybridized carbons (Fsp3) is 0.190. The van der Waals surface area contributed by atoms with Gasteiger partial charge in [0, 0.05) is 34.3 Å². The molecule has 0 aliphatic carbocycles. The first-order chi connectivity index (χ1) is 13.0. The average Bonchev–Trinajstić information content (AvgIpc) is 2.95. The predicted octanol–water partition coefficient (Wildman–Crippen LogP) is 5.08. The van der Waals surface area contributed by atoms with Gasteiger partial charge >= 0.3 is 6.03 Å². The molecule has 140 valence electrons. The Bertz CT molecular complexity index is 931. The molecule has 5 nitrogen and oxygen atoms in total. The molecule has 0 bridgehead atoms. The Morgan fingerprint density at radius 1 is 1.07 bits per heavy atom. The van der Waals surface area contributed by atoms with Crippen molar-refractivity contribution in [3.8, 4) is 11.4 Å². The van der Waals surface area contributed by atoms with Crippen LogP contribution in [0.15, 0.2) is 54.6 Å². The zero-order chi connectivity index (χ0) is 19.4. The van der Waals surface area contributed by atoms with E-state index in [0.29, 0.717) is 17.3 Å². The molecule has 27 heavy (non-hydrogen) atoms. The van der Waals surface area contributed by atoms with Crippen molar-refractivity contribution in [1.29, 1.82) is 0 Å². The lowest BCUT2D eigenvalue weighted by Gasteiger charge is -2.11. The molecule has 0 aliphatic heterocycles. The van der Waals surface area contributed by atoms with Crippen LogP contribution < -0.4 is 15.4 Å². The van der Waals surface area contributed by atoms with Gasteiger partial charge < -0.3 is 19.9 Å². The van der Waals surface area contributed by atoms with E-state index in [1.165, 1.54) is 0 Å². The molecule has 6 heteroatoms. The number of amides is 2. The van der Waals surface area contributed by atoms with Crippen molar-refractivity contribution in [3.63, 3.8) is 0 Å². The van der Waals surface area contributed by atoms with E-state index in [1.807, 2.05) is 31.2 Å². The van der Waals surface area contributed by atoms with Crippen LogP contribution in [0.3, 0.4) is 0 Å². The molecule has 0 radical (unpaired) electrons. The monoisotopic (exact) mass is 383 g/mol. The van der Waals surface area contributed by atoms with Crippen LogP contribution in [0.2, 0.25) is 5.02 Å². The zero-order valence-corrected chi connectivity index (χ0v) is 16.3. The van der Waals surface area contributed by atoms with Gasteiger partial charge in [-0.05, 0) is 74.0 Å². The van der Waals surface area contributed by atoms with E-state index in [1.54, 1.807) is 31.4 Å². The first-order valence-electron chi connectivity index (χ1n) is 8.60. The van der Waals surface area contributed by atoms with Crippen molar-refractivity contribution in [2.45, 2.75) is 20.4 Å². The number of nitrogens with one attached hydrogen (secondary N) is 2. The standard InChI is InChI=1S/C21H22ClN3O2/c1-14-12-16(13-23-21(26)24-18-6-4-17(22)5-7-18)15(2)25(14)19-8-10-20(27-3)11-9-19/h4-12H,13H2,1-3H3,(H2,23,24,26). The van der Waals surface area contributed by atoms with Crippen molar-refractivity contribution in [3.05, 3.63) is 76.6 Å². The van der Waals surface area contributed by atoms with E-state index in [2.05, 4.69) is 28.2 Å². The molecular weight excluding hydrogens is 362 g/mol. The summed E-state index contributed by atoms with van der Waals surface area (Å²) in [5, 5.41) is 6.32. The number of ether oxygens (including phenoxy) is 1. The topological polar surface area (TPSA) is 55.3 Å². The van der Waals surface area contributed by atoms with Crippen molar-refractivity contribution >= 4 is 23.3 Å². The predicted molar refractivity (Wildman–Crippen MR) is 109 cm³/mol. The second-order valence-corrected chi connectivity index (χ2v) is 6.68. The van der Waals surface area contributed by atoms with Gasteiger partial charge in [0.25, 0.3) is 0 Å². The summed E-state index contributed by atoms with van der Waals surface area (Å²) in [5.41, 5.74) is 5.01. The molecule has 3 rings (SSSR count). The van der Waals surface area contributed by atoms with Gasteiger partial charge in [-0.25, -0.2) is 4.79 Å². The molecule has 0 atom stereocenters. The number of aromatic nitrogens is 1. The Morgan fingerprint density at radius 3 is 2.37 bits per heavy atom. The number of urea groups is 1. The van der Waals surface area contributed by atoms with Gasteiger partial charge in [-0.15, -0.1) is 0 Å². The SMILES string of the molecule is COc1ccc(-n2c(C)cc(CNC(=O)Nc3ccc(Cl)cc3)c2C)cc1. The Kier molecular flexibility index (Phi) is 5.72. The van der Waals surface area contributed by atoms with E-state index in [4.69, 9.17) is 16.3 Å². The quantitative estimate of drug-likeness (QED) is 0.645. The average molecular weight is 384 g/mol. The number of hydrogen-bond donors (Lipinski definition) is 2. The summed E-state index contributed by atoms with van der Waals surface area (Å²) in [5.74, 6) is 0.821. The third-order valence-electron chi connectivity index (χ3n) is 4.41. The van der Waals surface area contributed by atoms with Gasteiger partial charge in [0.05, 0.1) is 7.11 Å². The molecule has 2 aromatic carbocycles. The molecule has 2 amide bonds. The summed E-state index contributed by atoms with van der Waals surface area (Å²) in [7, 11) is 1.65. The van der Waals surface area contributed by atoms with Crippen LogP contribution in [0.1, 0.15) is 17.0 Å². The maximum absolute atomic E-state index is 12.1. The number of hydrogen-bond acceptors (Lipinski definition) is 2. The summed E-state index contributed by atoms with van der Waals surface area (Å²) in [6.07, 6.45) is 0. The van der Waals surface area contributed by atoms with Crippen molar-refractivity contribution < 1.29 is 9.53 Å². The minimum atomic E-state index is -0.258. The van der Waals surface area contributed by atoms with E-state index >= 15 is 0 Å². The number of rotatable bonds is 5. The van der Waals surface area contributed by atoms with Crippen molar-refractivity contribution in [2.24, 2.45) is 0 Å². The van der Waals surface area contributed by atoms with Crippen molar-refractivity contribution in [2.75, 3.05) is 12.4 Å². The number of carbonyl (C=O) groups excluding carboxylic acids is 1. The van der Waals surface area contributed by atoms with Crippen LogP contribution in [0, 0.1) is 13.8 Å². The molecule has 0 fully saturated rings. The van der Waals surface area contributed by atoms with Crippen LogP contribution >= 0.6 is 11.6 Å². The minimum Gasteiger partial charge on any atom is -0.497 e. The van der Waals surface area contributed by atoms with Crippen molar-refractivity contribution in [1.82, 2.24) is 9.88 Å². The molecule has 0 saturated heterocycles. The lowest BCUT2D eigenvalue weighted by molar-refractivity contribution is 0.251. The molecule has 0 unspecified atom stereocenters. The highest BCUT2D eigenvalue weighted by Gasteiger charge is 2.12. The summed E-state index contributed by atoms with van der Waals surface area (Å²) >= 11 is 5.85. The highest BCUT2D eigenvalue weighted by molar-refractivity contribution is 6.30. The maximum atomic E-state index is 12.1. The summed E-state index contributed by atoms with van der Waals surface area (Å²) in [4.78, 5) is 12.1.